The van der Waals surface area contributed by atoms with Crippen LogP contribution in [0.1, 0.15) is 36.3 Å². The van der Waals surface area contributed by atoms with Crippen molar-refractivity contribution in [1.29, 1.82) is 0 Å². The van der Waals surface area contributed by atoms with E-state index in [0.29, 0.717) is 42.4 Å². The Labute approximate surface area is 189 Å². The van der Waals surface area contributed by atoms with Gasteiger partial charge in [-0.1, -0.05) is 30.3 Å². The molecule has 5 rings (SSSR count). The third kappa shape index (κ3) is 4.09. The fraction of sp³-hybridized carbons (Fsp3) is 0.458. The summed E-state index contributed by atoms with van der Waals surface area (Å²) < 4.78 is 27.6. The maximum atomic E-state index is 13.1. The highest BCUT2D eigenvalue weighted by atomic mass is 32.2. The molecule has 2 N–H and O–H groups in total. The van der Waals surface area contributed by atoms with Crippen LogP contribution in [0.3, 0.4) is 0 Å². The fourth-order valence-electron chi connectivity index (χ4n) is 5.03. The summed E-state index contributed by atoms with van der Waals surface area (Å²) in [4.78, 5) is 12.9. The first-order valence-corrected chi connectivity index (χ1v) is 12.8. The Morgan fingerprint density at radius 2 is 1.81 bits per heavy atom. The van der Waals surface area contributed by atoms with Crippen LogP contribution in [0.15, 0.2) is 53.4 Å². The highest BCUT2D eigenvalue weighted by Gasteiger charge is 2.39. The second-order valence-electron chi connectivity index (χ2n) is 9.10. The number of benzene rings is 2. The van der Waals surface area contributed by atoms with Crippen molar-refractivity contribution in [3.8, 4) is 0 Å². The monoisotopic (exact) mass is 455 g/mol. The number of hydrogen-bond donors (Lipinski definition) is 2. The molecule has 1 amide bonds. The molecular formula is C24H29N3O4S. The van der Waals surface area contributed by atoms with E-state index in [1.807, 2.05) is 12.1 Å². The van der Waals surface area contributed by atoms with Crippen LogP contribution in [0.25, 0.3) is 0 Å². The highest BCUT2D eigenvalue weighted by Crippen LogP contribution is 2.43. The van der Waals surface area contributed by atoms with Crippen LogP contribution >= 0.6 is 0 Å². The summed E-state index contributed by atoms with van der Waals surface area (Å²) in [5.74, 6) is 1.00. The van der Waals surface area contributed by atoms with Crippen LogP contribution in [0.5, 0.6) is 0 Å². The number of carboxylic acid groups (broad SMARTS) is 1. The van der Waals surface area contributed by atoms with Gasteiger partial charge in [0, 0.05) is 31.6 Å². The van der Waals surface area contributed by atoms with Crippen LogP contribution < -0.4 is 9.62 Å². The van der Waals surface area contributed by atoms with E-state index in [2.05, 4.69) is 17.4 Å². The standard InChI is InChI=1S/C24H29N3O4S/c28-24(29)26-11-8-17(9-12-26)16-25-22-15-21(22)18-6-7-23-19(14-18)10-13-27(23)32(30,31)20-4-2-1-3-5-20/h1-7,14,17,21-22,25H,8-13,15-16H2,(H,28,29). The van der Waals surface area contributed by atoms with E-state index in [1.54, 1.807) is 24.3 Å². The molecule has 1 saturated carbocycles. The minimum Gasteiger partial charge on any atom is -0.465 e. The maximum absolute atomic E-state index is 13.1. The lowest BCUT2D eigenvalue weighted by Gasteiger charge is -2.30. The lowest BCUT2D eigenvalue weighted by atomic mass is 9.97. The smallest absolute Gasteiger partial charge is 0.407 e. The average Bonchev–Trinajstić information content (AvgIpc) is 3.46. The zero-order valence-corrected chi connectivity index (χ0v) is 18.8. The number of piperidine rings is 1. The normalized spacial score (nSPS) is 23.2. The summed E-state index contributed by atoms with van der Waals surface area (Å²) in [6.07, 6.45) is 2.86. The minimum atomic E-state index is -3.53. The molecule has 0 aromatic heterocycles. The number of fused-ring (bicyclic) bond motifs is 1. The van der Waals surface area contributed by atoms with Crippen molar-refractivity contribution in [2.75, 3.05) is 30.5 Å². The van der Waals surface area contributed by atoms with Gasteiger partial charge in [0.25, 0.3) is 10.0 Å². The predicted molar refractivity (Wildman–Crippen MR) is 123 cm³/mol. The number of nitrogens with zero attached hydrogens (tertiary/aromatic N) is 2. The fourth-order valence-corrected chi connectivity index (χ4v) is 6.55. The Bertz CT molecular complexity index is 1100. The Kier molecular flexibility index (Phi) is 5.59. The molecule has 0 spiro atoms. The molecule has 2 aromatic carbocycles. The molecule has 2 aliphatic heterocycles. The number of carbonyl (C=O) groups is 1. The summed E-state index contributed by atoms with van der Waals surface area (Å²) in [5, 5.41) is 12.7. The SMILES string of the molecule is O=C(O)N1CCC(CNC2CC2c2ccc3c(c2)CCN3S(=O)(=O)c2ccccc2)CC1. The van der Waals surface area contributed by atoms with E-state index in [0.717, 1.165) is 43.5 Å². The molecule has 32 heavy (non-hydrogen) atoms. The Hall–Kier alpha value is -2.58. The first-order valence-electron chi connectivity index (χ1n) is 11.4. The van der Waals surface area contributed by atoms with Gasteiger partial charge in [-0.3, -0.25) is 4.31 Å². The number of anilines is 1. The van der Waals surface area contributed by atoms with Crippen molar-refractivity contribution in [3.05, 3.63) is 59.7 Å². The second kappa shape index (κ2) is 8.41. The minimum absolute atomic E-state index is 0.331. The van der Waals surface area contributed by atoms with Crippen molar-refractivity contribution < 1.29 is 18.3 Å². The van der Waals surface area contributed by atoms with Gasteiger partial charge in [-0.15, -0.1) is 0 Å². The van der Waals surface area contributed by atoms with Crippen molar-refractivity contribution in [2.24, 2.45) is 5.92 Å². The van der Waals surface area contributed by atoms with E-state index in [4.69, 9.17) is 5.11 Å². The van der Waals surface area contributed by atoms with E-state index < -0.39 is 16.1 Å². The van der Waals surface area contributed by atoms with E-state index in [9.17, 15) is 13.2 Å². The third-order valence-corrected chi connectivity index (χ3v) is 8.89. The topological polar surface area (TPSA) is 89.9 Å². The molecule has 7 nitrogen and oxygen atoms in total. The first-order chi connectivity index (χ1) is 15.4. The molecule has 2 atom stereocenters. The molecule has 2 heterocycles. The second-order valence-corrected chi connectivity index (χ2v) is 11.0. The lowest BCUT2D eigenvalue weighted by Crippen LogP contribution is -2.40. The van der Waals surface area contributed by atoms with Gasteiger partial charge in [0.2, 0.25) is 0 Å². The average molecular weight is 456 g/mol. The molecule has 0 bridgehead atoms. The third-order valence-electron chi connectivity index (χ3n) is 7.06. The lowest BCUT2D eigenvalue weighted by molar-refractivity contribution is 0.124. The van der Waals surface area contributed by atoms with Gasteiger partial charge in [0.15, 0.2) is 0 Å². The van der Waals surface area contributed by atoms with Crippen LogP contribution in [0, 0.1) is 5.92 Å². The summed E-state index contributed by atoms with van der Waals surface area (Å²) in [6.45, 7) is 2.67. The van der Waals surface area contributed by atoms with Crippen molar-refractivity contribution in [3.63, 3.8) is 0 Å². The number of sulfonamides is 1. The Balaban J connectivity index is 1.19. The van der Waals surface area contributed by atoms with Gasteiger partial charge in [-0.2, -0.15) is 0 Å². The molecule has 170 valence electrons. The van der Waals surface area contributed by atoms with E-state index in [1.165, 1.54) is 14.8 Å². The quantitative estimate of drug-likeness (QED) is 0.698. The zero-order chi connectivity index (χ0) is 22.3. The number of likely N-dealkylation sites (tertiary alicyclic amines) is 1. The number of rotatable bonds is 6. The molecule has 3 aliphatic rings. The molecule has 8 heteroatoms. The van der Waals surface area contributed by atoms with Gasteiger partial charge in [-0.05, 0) is 67.5 Å². The van der Waals surface area contributed by atoms with Gasteiger partial charge >= 0.3 is 6.09 Å². The van der Waals surface area contributed by atoms with Gasteiger partial charge in [0.1, 0.15) is 0 Å². The summed E-state index contributed by atoms with van der Waals surface area (Å²) in [6, 6.07) is 15.3. The maximum Gasteiger partial charge on any atom is 0.407 e. The van der Waals surface area contributed by atoms with Crippen LogP contribution in [-0.4, -0.2) is 56.7 Å². The van der Waals surface area contributed by atoms with Crippen molar-refractivity contribution >= 4 is 21.8 Å². The number of hydrogen-bond acceptors (Lipinski definition) is 4. The van der Waals surface area contributed by atoms with Crippen LogP contribution in [0.2, 0.25) is 0 Å². The molecule has 2 aromatic rings. The summed E-state index contributed by atoms with van der Waals surface area (Å²) in [5.41, 5.74) is 3.18. The van der Waals surface area contributed by atoms with Crippen LogP contribution in [0.4, 0.5) is 10.5 Å². The molecule has 0 radical (unpaired) electrons. The Morgan fingerprint density at radius 3 is 2.53 bits per heavy atom. The molecular weight excluding hydrogens is 426 g/mol. The summed E-state index contributed by atoms with van der Waals surface area (Å²) >= 11 is 0. The van der Waals surface area contributed by atoms with Gasteiger partial charge in [-0.25, -0.2) is 13.2 Å². The van der Waals surface area contributed by atoms with Gasteiger partial charge < -0.3 is 15.3 Å². The van der Waals surface area contributed by atoms with Gasteiger partial charge in [0.05, 0.1) is 10.6 Å². The number of amides is 1. The molecule has 1 saturated heterocycles. The first kappa shape index (κ1) is 21.3. The van der Waals surface area contributed by atoms with Crippen LogP contribution in [-0.2, 0) is 16.4 Å². The van der Waals surface area contributed by atoms with E-state index >= 15 is 0 Å². The highest BCUT2D eigenvalue weighted by molar-refractivity contribution is 7.92. The van der Waals surface area contributed by atoms with Crippen molar-refractivity contribution in [1.82, 2.24) is 10.2 Å². The zero-order valence-electron chi connectivity index (χ0n) is 18.0. The van der Waals surface area contributed by atoms with Crippen molar-refractivity contribution in [2.45, 2.75) is 42.5 Å². The molecule has 1 aliphatic carbocycles. The Morgan fingerprint density at radius 1 is 1.06 bits per heavy atom. The van der Waals surface area contributed by atoms with E-state index in [-0.39, 0.29) is 0 Å². The summed E-state index contributed by atoms with van der Waals surface area (Å²) in [7, 11) is -3.53. The predicted octanol–water partition coefficient (Wildman–Crippen LogP) is 3.27. The molecule has 2 unspecified atom stereocenters. The number of nitrogens with one attached hydrogen (secondary N) is 1. The molecule has 2 fully saturated rings. The largest absolute Gasteiger partial charge is 0.465 e.